The van der Waals surface area contributed by atoms with Crippen molar-refractivity contribution < 1.29 is 14.3 Å². The Kier molecular flexibility index (Phi) is 7.75. The summed E-state index contributed by atoms with van der Waals surface area (Å²) in [5, 5.41) is 3.42. The van der Waals surface area contributed by atoms with Gasteiger partial charge in [0.15, 0.2) is 0 Å². The molecule has 0 aliphatic rings. The molecule has 2 rings (SSSR count). The Morgan fingerprint density at radius 2 is 1.96 bits per heavy atom. The van der Waals surface area contributed by atoms with Crippen LogP contribution in [0.2, 0.25) is 5.02 Å². The van der Waals surface area contributed by atoms with Gasteiger partial charge in [-0.2, -0.15) is 0 Å². The summed E-state index contributed by atoms with van der Waals surface area (Å²) < 4.78 is 10.9. The fourth-order valence-corrected chi connectivity index (χ4v) is 2.60. The second-order valence-electron chi connectivity index (χ2n) is 6.01. The highest BCUT2D eigenvalue weighted by molar-refractivity contribution is 6.31. The fourth-order valence-electron chi connectivity index (χ4n) is 2.43. The first-order valence-electron chi connectivity index (χ1n) is 8.53. The predicted molar refractivity (Wildman–Crippen MR) is 105 cm³/mol. The van der Waals surface area contributed by atoms with Crippen LogP contribution in [0.5, 0.6) is 11.5 Å². The molecule has 1 N–H and O–H groups in total. The zero-order valence-corrected chi connectivity index (χ0v) is 16.1. The number of para-hydroxylation sites is 1. The molecule has 6 heteroatoms. The minimum atomic E-state index is -0.296. The second-order valence-corrected chi connectivity index (χ2v) is 6.44. The number of halogens is 1. The van der Waals surface area contributed by atoms with Crippen molar-refractivity contribution in [3.8, 4) is 11.5 Å². The van der Waals surface area contributed by atoms with E-state index in [4.69, 9.17) is 21.1 Å². The van der Waals surface area contributed by atoms with E-state index in [-0.39, 0.29) is 11.9 Å². The molecule has 1 atom stereocenters. The number of carbonyl (C=O) groups is 1. The predicted octanol–water partition coefficient (Wildman–Crippen LogP) is 4.08. The molecule has 26 heavy (non-hydrogen) atoms. The summed E-state index contributed by atoms with van der Waals surface area (Å²) >= 11 is 6.00. The zero-order valence-electron chi connectivity index (χ0n) is 15.4. The summed E-state index contributed by atoms with van der Waals surface area (Å²) in [4.78, 5) is 14.5. The van der Waals surface area contributed by atoms with Crippen molar-refractivity contribution in [2.75, 3.05) is 32.6 Å². The van der Waals surface area contributed by atoms with Gasteiger partial charge in [-0.25, -0.2) is 0 Å². The third-order valence-electron chi connectivity index (χ3n) is 4.13. The van der Waals surface area contributed by atoms with Gasteiger partial charge >= 0.3 is 0 Å². The Bertz CT molecular complexity index is 709. The molecule has 0 aliphatic carbocycles. The number of hydrogen-bond acceptors (Lipinski definition) is 4. The first-order chi connectivity index (χ1) is 12.5. The first kappa shape index (κ1) is 20.1. The Hall–Kier alpha value is -2.24. The van der Waals surface area contributed by atoms with Gasteiger partial charge in [-0.05, 0) is 50.7 Å². The molecule has 0 saturated heterocycles. The normalized spacial score (nSPS) is 11.9. The van der Waals surface area contributed by atoms with Crippen molar-refractivity contribution in [3.63, 3.8) is 0 Å². The van der Waals surface area contributed by atoms with Crippen molar-refractivity contribution in [2.45, 2.75) is 19.4 Å². The average molecular weight is 377 g/mol. The van der Waals surface area contributed by atoms with Crippen LogP contribution in [0.4, 0.5) is 5.69 Å². The van der Waals surface area contributed by atoms with Crippen molar-refractivity contribution >= 4 is 23.2 Å². The Labute approximate surface area is 159 Å². The summed E-state index contributed by atoms with van der Waals surface area (Å²) in [5.74, 6) is 1.32. The van der Waals surface area contributed by atoms with E-state index in [9.17, 15) is 4.79 Å². The van der Waals surface area contributed by atoms with Gasteiger partial charge < -0.3 is 14.8 Å². The van der Waals surface area contributed by atoms with Crippen LogP contribution in [0.25, 0.3) is 0 Å². The number of nitrogens with zero attached hydrogens (tertiary/aromatic N) is 1. The number of rotatable bonds is 9. The summed E-state index contributed by atoms with van der Waals surface area (Å²) in [7, 11) is 3.48. The van der Waals surface area contributed by atoms with Crippen LogP contribution in [0.3, 0.4) is 0 Å². The molecular formula is C20H25ClN2O3. The second kappa shape index (κ2) is 10.0. The zero-order chi connectivity index (χ0) is 18.9. The van der Waals surface area contributed by atoms with Gasteiger partial charge in [0.05, 0.1) is 25.4 Å². The van der Waals surface area contributed by atoms with Crippen molar-refractivity contribution in [1.29, 1.82) is 0 Å². The minimum Gasteiger partial charge on any atom is -0.495 e. The maximum absolute atomic E-state index is 12.5. The van der Waals surface area contributed by atoms with E-state index < -0.39 is 0 Å². The monoisotopic (exact) mass is 376 g/mol. The smallest absolute Gasteiger partial charge is 0.241 e. The number of carbonyl (C=O) groups excluding carboxylic acids is 1. The van der Waals surface area contributed by atoms with Crippen LogP contribution in [0, 0.1) is 0 Å². The number of benzene rings is 2. The Balaban J connectivity index is 1.80. The fraction of sp³-hybridized carbons (Fsp3) is 0.350. The van der Waals surface area contributed by atoms with E-state index in [0.29, 0.717) is 23.1 Å². The van der Waals surface area contributed by atoms with Gasteiger partial charge in [0.1, 0.15) is 11.5 Å². The lowest BCUT2D eigenvalue weighted by Gasteiger charge is -2.24. The van der Waals surface area contributed by atoms with Crippen LogP contribution >= 0.6 is 11.6 Å². The quantitative estimate of drug-likeness (QED) is 0.670. The van der Waals surface area contributed by atoms with E-state index in [1.165, 1.54) is 0 Å². The summed E-state index contributed by atoms with van der Waals surface area (Å²) in [6.45, 7) is 3.21. The number of hydrogen-bond donors (Lipinski definition) is 1. The average Bonchev–Trinajstić information content (AvgIpc) is 2.65. The number of ether oxygens (including phenoxy) is 2. The molecule has 140 valence electrons. The molecule has 0 heterocycles. The summed E-state index contributed by atoms with van der Waals surface area (Å²) in [6, 6.07) is 14.5. The topological polar surface area (TPSA) is 50.8 Å². The number of likely N-dealkylation sites (N-methyl/N-ethyl adjacent to an activating group) is 1. The number of anilines is 1. The van der Waals surface area contributed by atoms with Gasteiger partial charge in [0.2, 0.25) is 5.91 Å². The molecular weight excluding hydrogens is 352 g/mol. The van der Waals surface area contributed by atoms with Crippen LogP contribution in [0.1, 0.15) is 13.3 Å². The third kappa shape index (κ3) is 5.93. The van der Waals surface area contributed by atoms with Crippen LogP contribution < -0.4 is 14.8 Å². The first-order valence-corrected chi connectivity index (χ1v) is 8.91. The van der Waals surface area contributed by atoms with Gasteiger partial charge in [0, 0.05) is 11.6 Å². The molecule has 2 aromatic rings. The van der Waals surface area contributed by atoms with Crippen molar-refractivity contribution in [2.24, 2.45) is 0 Å². The van der Waals surface area contributed by atoms with E-state index in [2.05, 4.69) is 5.32 Å². The highest BCUT2D eigenvalue weighted by Crippen LogP contribution is 2.27. The lowest BCUT2D eigenvalue weighted by molar-refractivity contribution is -0.120. The van der Waals surface area contributed by atoms with Crippen LogP contribution in [-0.2, 0) is 4.79 Å². The van der Waals surface area contributed by atoms with Gasteiger partial charge in [0.25, 0.3) is 0 Å². The van der Waals surface area contributed by atoms with E-state index in [1.807, 2.05) is 49.2 Å². The largest absolute Gasteiger partial charge is 0.495 e. The van der Waals surface area contributed by atoms with Crippen LogP contribution in [-0.4, -0.2) is 44.2 Å². The molecule has 0 bridgehead atoms. The molecule has 1 amide bonds. The maximum atomic E-state index is 12.5. The number of nitrogens with one attached hydrogen (secondary N) is 1. The molecule has 2 aromatic carbocycles. The number of methoxy groups -OCH3 is 1. The third-order valence-corrected chi connectivity index (χ3v) is 4.36. The Morgan fingerprint density at radius 3 is 2.65 bits per heavy atom. The lowest BCUT2D eigenvalue weighted by Crippen LogP contribution is -2.40. The van der Waals surface area contributed by atoms with E-state index in [0.717, 1.165) is 18.7 Å². The highest BCUT2D eigenvalue weighted by Gasteiger charge is 2.19. The maximum Gasteiger partial charge on any atom is 0.241 e. The molecule has 0 aliphatic heterocycles. The standard InChI is InChI=1S/C20H25ClN2O3/c1-15(20(24)22-18-14-16(21)10-11-19(18)25-3)23(2)12-7-13-26-17-8-5-4-6-9-17/h4-6,8-11,14-15H,7,12-13H2,1-3H3,(H,22,24). The van der Waals surface area contributed by atoms with Crippen molar-refractivity contribution in [1.82, 2.24) is 4.90 Å². The molecule has 0 aromatic heterocycles. The number of amides is 1. The van der Waals surface area contributed by atoms with Gasteiger partial charge in [-0.1, -0.05) is 29.8 Å². The van der Waals surface area contributed by atoms with Crippen LogP contribution in [0.15, 0.2) is 48.5 Å². The molecule has 0 saturated carbocycles. The van der Waals surface area contributed by atoms with E-state index in [1.54, 1.807) is 25.3 Å². The summed E-state index contributed by atoms with van der Waals surface area (Å²) in [5.41, 5.74) is 0.567. The van der Waals surface area contributed by atoms with Gasteiger partial charge in [-0.3, -0.25) is 9.69 Å². The van der Waals surface area contributed by atoms with E-state index >= 15 is 0 Å². The summed E-state index contributed by atoms with van der Waals surface area (Å²) in [6.07, 6.45) is 0.823. The molecule has 0 spiro atoms. The molecule has 0 fully saturated rings. The molecule has 1 unspecified atom stereocenters. The minimum absolute atomic E-state index is 0.114. The molecule has 5 nitrogen and oxygen atoms in total. The lowest BCUT2D eigenvalue weighted by atomic mass is 10.2. The Morgan fingerprint density at radius 1 is 1.23 bits per heavy atom. The molecule has 0 radical (unpaired) electrons. The van der Waals surface area contributed by atoms with Gasteiger partial charge in [-0.15, -0.1) is 0 Å². The highest BCUT2D eigenvalue weighted by atomic mass is 35.5. The van der Waals surface area contributed by atoms with Crippen molar-refractivity contribution in [3.05, 3.63) is 53.6 Å². The SMILES string of the molecule is COc1ccc(Cl)cc1NC(=O)C(C)N(C)CCCOc1ccccc1.